The number of thioether (sulfide) groups is 1. The molecule has 0 aliphatic heterocycles. The second-order valence-corrected chi connectivity index (χ2v) is 5.85. The molecule has 0 aromatic heterocycles. The van der Waals surface area contributed by atoms with E-state index in [-0.39, 0.29) is 11.1 Å². The van der Waals surface area contributed by atoms with Crippen LogP contribution in [0.1, 0.15) is 58.3 Å². The van der Waals surface area contributed by atoms with Crippen molar-refractivity contribution in [1.82, 2.24) is 0 Å². The Balaban J connectivity index is 3.37. The van der Waals surface area contributed by atoms with Crippen LogP contribution in [-0.4, -0.2) is 30.2 Å². The van der Waals surface area contributed by atoms with Crippen molar-refractivity contribution in [3.8, 4) is 0 Å². The summed E-state index contributed by atoms with van der Waals surface area (Å²) in [6.45, 7) is 5.89. The van der Waals surface area contributed by atoms with Gasteiger partial charge in [-0.25, -0.2) is 4.99 Å². The minimum atomic E-state index is -0.181. The van der Waals surface area contributed by atoms with Gasteiger partial charge in [-0.1, -0.05) is 56.5 Å². The highest BCUT2D eigenvalue weighted by Gasteiger charge is 2.00. The van der Waals surface area contributed by atoms with E-state index in [0.29, 0.717) is 13.0 Å². The summed E-state index contributed by atoms with van der Waals surface area (Å²) in [5.74, 6) is 0.540. The third-order valence-corrected chi connectivity index (χ3v) is 3.75. The first-order chi connectivity index (χ1) is 10.2. The van der Waals surface area contributed by atoms with Gasteiger partial charge in [-0.15, -0.1) is 0 Å². The van der Waals surface area contributed by atoms with Gasteiger partial charge in [0.1, 0.15) is 0 Å². The van der Waals surface area contributed by atoms with Crippen molar-refractivity contribution < 1.29 is 9.53 Å². The Morgan fingerprint density at radius 2 is 2.00 bits per heavy atom. The molecule has 0 aromatic carbocycles. The highest BCUT2D eigenvalue weighted by atomic mass is 32.2. The van der Waals surface area contributed by atoms with E-state index in [9.17, 15) is 4.79 Å². The van der Waals surface area contributed by atoms with Crippen molar-refractivity contribution in [2.45, 2.75) is 58.3 Å². The Labute approximate surface area is 133 Å². The zero-order valence-electron chi connectivity index (χ0n) is 13.1. The Morgan fingerprint density at radius 1 is 1.24 bits per heavy atom. The number of unbranched alkanes of at least 4 members (excludes halogenated alkanes) is 5. The number of carbonyl (C=O) groups excluding carboxylic acids is 1. The van der Waals surface area contributed by atoms with E-state index in [0.717, 1.165) is 18.6 Å². The molecule has 5 heteroatoms. The van der Waals surface area contributed by atoms with Gasteiger partial charge in [0.15, 0.2) is 5.17 Å². The molecule has 0 heterocycles. The number of nitrogens with zero attached hydrogens (tertiary/aromatic N) is 1. The summed E-state index contributed by atoms with van der Waals surface area (Å²) in [5, 5.41) is 7.47. The van der Waals surface area contributed by atoms with Crippen LogP contribution >= 0.6 is 11.8 Å². The predicted molar refractivity (Wildman–Crippen MR) is 92.4 cm³/mol. The average Bonchev–Trinajstić information content (AvgIpc) is 2.49. The lowest BCUT2D eigenvalue weighted by Crippen LogP contribution is -2.05. The van der Waals surface area contributed by atoms with E-state index in [4.69, 9.17) is 10.1 Å². The van der Waals surface area contributed by atoms with Gasteiger partial charge >= 0.3 is 5.97 Å². The Bertz CT molecular complexity index is 330. The van der Waals surface area contributed by atoms with Crippen molar-refractivity contribution in [2.75, 3.05) is 12.4 Å². The van der Waals surface area contributed by atoms with E-state index in [2.05, 4.69) is 24.7 Å². The lowest BCUT2D eigenvalue weighted by atomic mass is 10.1. The summed E-state index contributed by atoms with van der Waals surface area (Å²) in [6, 6.07) is 0. The molecule has 0 unspecified atom stereocenters. The van der Waals surface area contributed by atoms with Crippen molar-refractivity contribution in [3.63, 3.8) is 0 Å². The van der Waals surface area contributed by atoms with E-state index in [1.165, 1.54) is 43.9 Å². The van der Waals surface area contributed by atoms with Crippen LogP contribution < -0.4 is 0 Å². The number of ether oxygens (including phenoxy) is 1. The first kappa shape index (κ1) is 19.9. The molecule has 4 nitrogen and oxygen atoms in total. The van der Waals surface area contributed by atoms with Crippen LogP contribution in [0, 0.1) is 5.41 Å². The second-order valence-electron chi connectivity index (χ2n) is 4.76. The second kappa shape index (κ2) is 15.3. The lowest BCUT2D eigenvalue weighted by Gasteiger charge is -2.02. The standard InChI is InChI=1S/C16H28N2O2S/c1-3-4-5-6-7-8-9-10-12-15(19)20-13-11-14-21-16(17)18-2/h9-10,17H,2-8,11-14H2,1H3. The monoisotopic (exact) mass is 312 g/mol. The lowest BCUT2D eigenvalue weighted by molar-refractivity contribution is -0.142. The Morgan fingerprint density at radius 3 is 2.71 bits per heavy atom. The summed E-state index contributed by atoms with van der Waals surface area (Å²) < 4.78 is 5.10. The predicted octanol–water partition coefficient (Wildman–Crippen LogP) is 4.60. The summed E-state index contributed by atoms with van der Waals surface area (Å²) in [5.41, 5.74) is 0. The first-order valence-corrected chi connectivity index (χ1v) is 8.68. The smallest absolute Gasteiger partial charge is 0.309 e. The van der Waals surface area contributed by atoms with Crippen LogP contribution in [0.25, 0.3) is 0 Å². The van der Waals surface area contributed by atoms with E-state index in [1.807, 2.05) is 6.08 Å². The minimum absolute atomic E-state index is 0.181. The molecule has 0 rings (SSSR count). The molecule has 0 amide bonds. The van der Waals surface area contributed by atoms with Gasteiger partial charge in [-0.2, -0.15) is 0 Å². The zero-order chi connectivity index (χ0) is 15.8. The van der Waals surface area contributed by atoms with Crippen LogP contribution in [0.4, 0.5) is 0 Å². The van der Waals surface area contributed by atoms with Gasteiger partial charge in [0, 0.05) is 5.75 Å². The molecule has 0 bridgehead atoms. The van der Waals surface area contributed by atoms with Crippen molar-refractivity contribution in [1.29, 1.82) is 5.41 Å². The summed E-state index contributed by atoms with van der Waals surface area (Å²) in [6.07, 6.45) is 12.5. The third kappa shape index (κ3) is 15.1. The molecule has 0 aliphatic rings. The molecule has 21 heavy (non-hydrogen) atoms. The van der Waals surface area contributed by atoms with Crippen molar-refractivity contribution >= 4 is 29.6 Å². The zero-order valence-corrected chi connectivity index (χ0v) is 13.9. The van der Waals surface area contributed by atoms with E-state index < -0.39 is 0 Å². The molecule has 0 aromatic rings. The maximum absolute atomic E-state index is 11.4. The van der Waals surface area contributed by atoms with Gasteiger partial charge in [-0.05, 0) is 26.0 Å². The summed E-state index contributed by atoms with van der Waals surface area (Å²) in [7, 11) is 0. The molecule has 0 saturated carbocycles. The Kier molecular flexibility index (Phi) is 14.5. The maximum atomic E-state index is 11.4. The van der Waals surface area contributed by atoms with Gasteiger partial charge in [0.2, 0.25) is 0 Å². The van der Waals surface area contributed by atoms with Gasteiger partial charge in [0.05, 0.1) is 13.0 Å². The molecule has 0 saturated heterocycles. The molecular weight excluding hydrogens is 284 g/mol. The SMILES string of the molecule is C=NC(=N)SCCCOC(=O)CC=CCCCCCCC. The molecule has 0 atom stereocenters. The highest BCUT2D eigenvalue weighted by Crippen LogP contribution is 2.06. The molecule has 0 radical (unpaired) electrons. The van der Waals surface area contributed by atoms with Crippen LogP contribution in [0.3, 0.4) is 0 Å². The Hall–Kier alpha value is -1.10. The fourth-order valence-corrected chi connectivity index (χ4v) is 2.23. The molecule has 0 spiro atoms. The fourth-order valence-electron chi connectivity index (χ4n) is 1.68. The van der Waals surface area contributed by atoms with Gasteiger partial charge < -0.3 is 4.74 Å². The highest BCUT2D eigenvalue weighted by molar-refractivity contribution is 8.13. The average molecular weight is 312 g/mol. The molecule has 120 valence electrons. The normalized spacial score (nSPS) is 10.7. The molecule has 0 fully saturated rings. The molecule has 0 aliphatic carbocycles. The van der Waals surface area contributed by atoms with Crippen LogP contribution in [-0.2, 0) is 9.53 Å². The topological polar surface area (TPSA) is 62.5 Å². The van der Waals surface area contributed by atoms with E-state index >= 15 is 0 Å². The number of esters is 1. The van der Waals surface area contributed by atoms with Crippen molar-refractivity contribution in [3.05, 3.63) is 12.2 Å². The van der Waals surface area contributed by atoms with Crippen molar-refractivity contribution in [2.24, 2.45) is 4.99 Å². The fraction of sp³-hybridized carbons (Fsp3) is 0.688. The summed E-state index contributed by atoms with van der Waals surface area (Å²) in [4.78, 5) is 14.9. The largest absolute Gasteiger partial charge is 0.465 e. The molecule has 1 N–H and O–H groups in total. The first-order valence-electron chi connectivity index (χ1n) is 7.69. The number of allylic oxidation sites excluding steroid dienone is 1. The number of amidine groups is 1. The van der Waals surface area contributed by atoms with Gasteiger partial charge in [0.25, 0.3) is 0 Å². The third-order valence-electron chi connectivity index (χ3n) is 2.86. The quantitative estimate of drug-likeness (QED) is 0.188. The van der Waals surface area contributed by atoms with E-state index in [1.54, 1.807) is 0 Å². The number of nitrogens with one attached hydrogen (secondary N) is 1. The number of hydrogen-bond donors (Lipinski definition) is 1. The van der Waals surface area contributed by atoms with Crippen LogP contribution in [0.5, 0.6) is 0 Å². The molecular formula is C16H28N2O2S. The van der Waals surface area contributed by atoms with Gasteiger partial charge in [-0.3, -0.25) is 10.2 Å². The maximum Gasteiger partial charge on any atom is 0.309 e. The minimum Gasteiger partial charge on any atom is -0.465 e. The summed E-state index contributed by atoms with van der Waals surface area (Å²) >= 11 is 1.31. The number of aliphatic imine (C=N–C) groups is 1. The van der Waals surface area contributed by atoms with Crippen LogP contribution in [0.15, 0.2) is 17.1 Å². The number of rotatable bonds is 12. The number of hydrogen-bond acceptors (Lipinski definition) is 4. The van der Waals surface area contributed by atoms with Crippen LogP contribution in [0.2, 0.25) is 0 Å². The number of carbonyl (C=O) groups is 1.